The van der Waals surface area contributed by atoms with Crippen LogP contribution in [-0.4, -0.2) is 26.8 Å². The van der Waals surface area contributed by atoms with Gasteiger partial charge in [0.05, 0.1) is 12.6 Å². The normalized spacial score (nSPS) is 40.2. The first-order valence-corrected chi connectivity index (χ1v) is 7.37. The van der Waals surface area contributed by atoms with Gasteiger partial charge < -0.3 is 5.32 Å². The molecule has 18 heavy (non-hydrogen) atoms. The van der Waals surface area contributed by atoms with Crippen LogP contribution in [0.15, 0.2) is 0 Å². The molecule has 0 spiro atoms. The minimum absolute atomic E-state index is 0.629. The molecule has 3 saturated carbocycles. The van der Waals surface area contributed by atoms with Gasteiger partial charge in [-0.25, -0.2) is 4.68 Å². The zero-order valence-electron chi connectivity index (χ0n) is 10.9. The Morgan fingerprint density at radius 2 is 2.06 bits per heavy atom. The predicted molar refractivity (Wildman–Crippen MR) is 66.7 cm³/mol. The van der Waals surface area contributed by atoms with Crippen LogP contribution in [0.4, 0.5) is 0 Å². The first-order chi connectivity index (χ1) is 8.90. The van der Waals surface area contributed by atoms with Crippen molar-refractivity contribution in [2.24, 2.45) is 23.7 Å². The summed E-state index contributed by atoms with van der Waals surface area (Å²) < 4.78 is 2.13. The monoisotopic (exact) mass is 247 g/mol. The Balaban J connectivity index is 1.48. The minimum atomic E-state index is 0.629. The molecular weight excluding hydrogens is 226 g/mol. The number of nitrogens with zero attached hydrogens (tertiary/aromatic N) is 4. The van der Waals surface area contributed by atoms with E-state index in [0.717, 1.165) is 49.0 Å². The van der Waals surface area contributed by atoms with Gasteiger partial charge in [-0.15, -0.1) is 5.10 Å². The van der Waals surface area contributed by atoms with Crippen LogP contribution in [-0.2, 0) is 6.54 Å². The van der Waals surface area contributed by atoms with Crippen molar-refractivity contribution >= 4 is 0 Å². The van der Waals surface area contributed by atoms with Gasteiger partial charge in [0.1, 0.15) is 0 Å². The summed E-state index contributed by atoms with van der Waals surface area (Å²) in [6, 6.07) is 0.629. The van der Waals surface area contributed by atoms with Crippen LogP contribution in [0.1, 0.15) is 44.5 Å². The second kappa shape index (κ2) is 4.02. The molecule has 0 radical (unpaired) electrons. The molecule has 4 unspecified atom stereocenters. The van der Waals surface area contributed by atoms with Crippen LogP contribution in [0.25, 0.3) is 0 Å². The van der Waals surface area contributed by atoms with Gasteiger partial charge in [-0.05, 0) is 66.3 Å². The van der Waals surface area contributed by atoms with E-state index in [4.69, 9.17) is 0 Å². The zero-order chi connectivity index (χ0) is 12.1. The zero-order valence-corrected chi connectivity index (χ0v) is 10.9. The number of rotatable bonds is 5. The molecule has 3 aliphatic rings. The molecule has 0 aliphatic heterocycles. The maximum atomic E-state index is 4.25. The largest absolute Gasteiger partial charge is 0.310 e. The van der Waals surface area contributed by atoms with Crippen LogP contribution in [0, 0.1) is 23.7 Å². The lowest BCUT2D eigenvalue weighted by Gasteiger charge is -2.10. The summed E-state index contributed by atoms with van der Waals surface area (Å²) >= 11 is 0. The quantitative estimate of drug-likeness (QED) is 0.799. The van der Waals surface area contributed by atoms with Crippen LogP contribution in [0.5, 0.6) is 0 Å². The molecule has 1 heterocycles. The van der Waals surface area contributed by atoms with E-state index in [-0.39, 0.29) is 0 Å². The molecule has 98 valence electrons. The van der Waals surface area contributed by atoms with E-state index in [9.17, 15) is 0 Å². The third-order valence-electron chi connectivity index (χ3n) is 5.25. The highest BCUT2D eigenvalue weighted by atomic mass is 15.6. The molecule has 5 heteroatoms. The fourth-order valence-corrected chi connectivity index (χ4v) is 4.54. The standard InChI is InChI=1S/C13H21N5/c1-2-5-14-7-10-15-16-17-18(10)13-11-8-3-4-9(6-8)12(11)13/h8-9,11-14H,2-7H2,1H3. The number of hydrogen-bond acceptors (Lipinski definition) is 4. The van der Waals surface area contributed by atoms with E-state index in [1.807, 2.05) is 0 Å². The number of tetrazole rings is 1. The van der Waals surface area contributed by atoms with Crippen molar-refractivity contribution in [1.82, 2.24) is 25.5 Å². The minimum Gasteiger partial charge on any atom is -0.310 e. The van der Waals surface area contributed by atoms with Crippen LogP contribution in [0.3, 0.4) is 0 Å². The molecule has 3 aliphatic carbocycles. The lowest BCUT2D eigenvalue weighted by Crippen LogP contribution is -2.19. The summed E-state index contributed by atoms with van der Waals surface area (Å²) in [4.78, 5) is 0. The first kappa shape index (κ1) is 10.9. The van der Waals surface area contributed by atoms with E-state index in [1.165, 1.54) is 19.3 Å². The van der Waals surface area contributed by atoms with Gasteiger partial charge in [-0.2, -0.15) is 0 Å². The third-order valence-corrected chi connectivity index (χ3v) is 5.25. The third kappa shape index (κ3) is 1.46. The molecule has 0 amide bonds. The summed E-state index contributed by atoms with van der Waals surface area (Å²) in [6.45, 7) is 4.03. The highest BCUT2D eigenvalue weighted by Gasteiger charge is 2.66. The molecule has 1 N–H and O–H groups in total. The van der Waals surface area contributed by atoms with Crippen LogP contribution >= 0.6 is 0 Å². The molecule has 5 nitrogen and oxygen atoms in total. The number of fused-ring (bicyclic) bond motifs is 5. The fourth-order valence-electron chi connectivity index (χ4n) is 4.54. The van der Waals surface area contributed by atoms with Gasteiger partial charge in [0.2, 0.25) is 0 Å². The molecule has 3 fully saturated rings. The van der Waals surface area contributed by atoms with E-state index in [1.54, 1.807) is 0 Å². The van der Waals surface area contributed by atoms with Crippen molar-refractivity contribution < 1.29 is 0 Å². The molecule has 0 aromatic carbocycles. The molecule has 1 aromatic rings. The summed E-state index contributed by atoms with van der Waals surface area (Å²) in [5, 5.41) is 15.7. The molecule has 4 atom stereocenters. The Kier molecular flexibility index (Phi) is 2.43. The van der Waals surface area contributed by atoms with Gasteiger partial charge in [0.25, 0.3) is 0 Å². The Hall–Kier alpha value is -0.970. The van der Waals surface area contributed by atoms with Crippen molar-refractivity contribution in [1.29, 1.82) is 0 Å². The van der Waals surface area contributed by atoms with Crippen LogP contribution in [0.2, 0.25) is 0 Å². The number of aromatic nitrogens is 4. The summed E-state index contributed by atoms with van der Waals surface area (Å²) in [5.74, 6) is 4.79. The molecular formula is C13H21N5. The topological polar surface area (TPSA) is 55.6 Å². The summed E-state index contributed by atoms with van der Waals surface area (Å²) in [5.41, 5.74) is 0. The average molecular weight is 247 g/mol. The number of hydrogen-bond donors (Lipinski definition) is 1. The maximum Gasteiger partial charge on any atom is 0.165 e. The molecule has 4 rings (SSSR count). The Morgan fingerprint density at radius 3 is 2.78 bits per heavy atom. The Morgan fingerprint density at radius 1 is 1.28 bits per heavy atom. The van der Waals surface area contributed by atoms with Crippen molar-refractivity contribution in [3.63, 3.8) is 0 Å². The van der Waals surface area contributed by atoms with Crippen molar-refractivity contribution in [3.05, 3.63) is 5.82 Å². The smallest absolute Gasteiger partial charge is 0.165 e. The van der Waals surface area contributed by atoms with E-state index in [0.29, 0.717) is 6.04 Å². The maximum absolute atomic E-state index is 4.25. The lowest BCUT2D eigenvalue weighted by atomic mass is 10.0. The number of nitrogens with one attached hydrogen (secondary N) is 1. The average Bonchev–Trinajstić information content (AvgIpc) is 2.78. The van der Waals surface area contributed by atoms with Gasteiger partial charge in [-0.1, -0.05) is 6.92 Å². The second-order valence-corrected chi connectivity index (χ2v) is 6.19. The molecule has 0 saturated heterocycles. The van der Waals surface area contributed by atoms with Crippen molar-refractivity contribution in [2.45, 2.75) is 45.2 Å². The summed E-state index contributed by atoms with van der Waals surface area (Å²) in [6.07, 6.45) is 5.54. The second-order valence-electron chi connectivity index (χ2n) is 6.19. The van der Waals surface area contributed by atoms with Crippen molar-refractivity contribution in [2.75, 3.05) is 6.54 Å². The first-order valence-electron chi connectivity index (χ1n) is 7.37. The Bertz CT molecular complexity index is 426. The molecule has 2 bridgehead atoms. The van der Waals surface area contributed by atoms with E-state index in [2.05, 4.69) is 32.4 Å². The fraction of sp³-hybridized carbons (Fsp3) is 0.923. The predicted octanol–water partition coefficient (Wildman–Crippen LogP) is 1.39. The van der Waals surface area contributed by atoms with Gasteiger partial charge in [0.15, 0.2) is 5.82 Å². The Labute approximate surface area is 107 Å². The van der Waals surface area contributed by atoms with E-state index >= 15 is 0 Å². The van der Waals surface area contributed by atoms with Gasteiger partial charge in [-0.3, -0.25) is 0 Å². The SMILES string of the molecule is CCCNCc1nnnn1C1C2C3CCC(C3)C21. The van der Waals surface area contributed by atoms with Gasteiger partial charge >= 0.3 is 0 Å². The summed E-state index contributed by atoms with van der Waals surface area (Å²) in [7, 11) is 0. The lowest BCUT2D eigenvalue weighted by molar-refractivity contribution is 0.412. The van der Waals surface area contributed by atoms with E-state index < -0.39 is 0 Å². The highest BCUT2D eigenvalue weighted by molar-refractivity contribution is 5.15. The highest BCUT2D eigenvalue weighted by Crippen LogP contribution is 2.71. The van der Waals surface area contributed by atoms with Crippen molar-refractivity contribution in [3.8, 4) is 0 Å². The van der Waals surface area contributed by atoms with Gasteiger partial charge in [0, 0.05) is 0 Å². The molecule has 1 aromatic heterocycles. The van der Waals surface area contributed by atoms with Crippen LogP contribution < -0.4 is 5.32 Å².